The molecule has 1 aliphatic heterocycles. The van der Waals surface area contributed by atoms with Crippen molar-refractivity contribution in [2.75, 3.05) is 0 Å². The Kier molecular flexibility index (Phi) is 5.56. The second kappa shape index (κ2) is 8.30. The van der Waals surface area contributed by atoms with E-state index in [4.69, 9.17) is 5.10 Å². The Morgan fingerprint density at radius 2 is 1.91 bits per heavy atom. The molecule has 0 aromatic heterocycles. The van der Waals surface area contributed by atoms with Crippen LogP contribution in [0.15, 0.2) is 41.0 Å². The number of carbonyl (C=O) groups is 1. The van der Waals surface area contributed by atoms with Crippen molar-refractivity contribution >= 4 is 11.6 Å². The van der Waals surface area contributed by atoms with Gasteiger partial charge < -0.3 is 5.11 Å². The minimum Gasteiger partial charge on any atom is -0.393 e. The first-order valence-corrected chi connectivity index (χ1v) is 14.0. The van der Waals surface area contributed by atoms with E-state index in [1.54, 1.807) is 17.5 Å². The average molecular weight is 475 g/mol. The number of allylic oxidation sites excluding steroid dienone is 1. The third kappa shape index (κ3) is 3.57. The van der Waals surface area contributed by atoms with Crippen LogP contribution < -0.4 is 0 Å². The van der Waals surface area contributed by atoms with Crippen molar-refractivity contribution in [3.05, 3.63) is 47.0 Å². The van der Waals surface area contributed by atoms with E-state index in [2.05, 4.69) is 51.1 Å². The van der Waals surface area contributed by atoms with Crippen molar-refractivity contribution in [1.29, 1.82) is 0 Å². The molecule has 3 saturated carbocycles. The lowest BCUT2D eigenvalue weighted by atomic mass is 9.47. The normalized spacial score (nSPS) is 42.6. The number of aryl methyl sites for hydroxylation is 1. The van der Waals surface area contributed by atoms with Crippen LogP contribution in [0.5, 0.6) is 0 Å². The summed E-state index contributed by atoms with van der Waals surface area (Å²) in [6, 6.07) is 8.64. The highest BCUT2D eigenvalue weighted by atomic mass is 16.3. The van der Waals surface area contributed by atoms with Crippen LogP contribution in [0.1, 0.15) is 95.7 Å². The molecule has 1 N–H and O–H groups in total. The lowest BCUT2D eigenvalue weighted by molar-refractivity contribution is -0.130. The number of benzene rings is 1. The molecule has 4 nitrogen and oxygen atoms in total. The van der Waals surface area contributed by atoms with E-state index in [0.29, 0.717) is 5.92 Å². The van der Waals surface area contributed by atoms with Gasteiger partial charge in [-0.05, 0) is 92.4 Å². The molecule has 0 saturated heterocycles. The highest BCUT2D eigenvalue weighted by molar-refractivity contribution is 5.92. The molecule has 8 atom stereocenters. The number of fused-ring (bicyclic) bond motifs is 5. The molecule has 0 spiro atoms. The zero-order valence-electron chi connectivity index (χ0n) is 22.0. The molecular weight excluding hydrogens is 432 g/mol. The van der Waals surface area contributed by atoms with Gasteiger partial charge in [0.25, 0.3) is 0 Å². The predicted octanol–water partition coefficient (Wildman–Crippen LogP) is 6.58. The summed E-state index contributed by atoms with van der Waals surface area (Å²) in [6.45, 7) is 8.84. The molecule has 1 aromatic rings. The highest BCUT2D eigenvalue weighted by Gasteiger charge is 2.59. The summed E-state index contributed by atoms with van der Waals surface area (Å²) in [6.07, 6.45) is 12.5. The van der Waals surface area contributed by atoms with Gasteiger partial charge in [0.2, 0.25) is 5.91 Å². The van der Waals surface area contributed by atoms with Crippen LogP contribution in [0.2, 0.25) is 0 Å². The average Bonchev–Trinajstić information content (AvgIpc) is 3.41. The summed E-state index contributed by atoms with van der Waals surface area (Å²) in [5, 5.41) is 17.1. The first-order valence-electron chi connectivity index (χ1n) is 14.0. The van der Waals surface area contributed by atoms with E-state index in [1.165, 1.54) is 48.9 Å². The minimum atomic E-state index is -0.137. The molecular formula is C31H42N2O2. The number of aliphatic hydroxyl groups excluding tert-OH is 1. The molecule has 35 heavy (non-hydrogen) atoms. The summed E-state index contributed by atoms with van der Waals surface area (Å²) in [5.41, 5.74) is 5.83. The second-order valence-electron chi connectivity index (χ2n) is 12.9. The molecule has 6 rings (SSSR count). The Morgan fingerprint density at radius 3 is 2.69 bits per heavy atom. The Labute approximate surface area is 210 Å². The van der Waals surface area contributed by atoms with Crippen LogP contribution in [0, 0.1) is 41.4 Å². The fourth-order valence-corrected chi connectivity index (χ4v) is 9.36. The van der Waals surface area contributed by atoms with Gasteiger partial charge in [0.05, 0.1) is 12.1 Å². The SMILES string of the molecule is CC(=O)N1N=C(C2CC[C@H]3[C@@H]4CC=C5CC(O)CC[C@]5(C)[C@H]4CC[C@]23C)CC1c1cccc(C)c1. The molecule has 4 heteroatoms. The van der Waals surface area contributed by atoms with Gasteiger partial charge in [-0.15, -0.1) is 0 Å². The largest absolute Gasteiger partial charge is 0.393 e. The molecule has 188 valence electrons. The smallest absolute Gasteiger partial charge is 0.240 e. The molecule has 1 amide bonds. The molecule has 1 aromatic carbocycles. The second-order valence-corrected chi connectivity index (χ2v) is 12.9. The Balaban J connectivity index is 1.27. The predicted molar refractivity (Wildman–Crippen MR) is 140 cm³/mol. The van der Waals surface area contributed by atoms with Crippen molar-refractivity contribution < 1.29 is 9.90 Å². The molecule has 3 unspecified atom stereocenters. The first-order chi connectivity index (χ1) is 16.7. The van der Waals surface area contributed by atoms with Crippen LogP contribution in [0.4, 0.5) is 0 Å². The van der Waals surface area contributed by atoms with Crippen LogP contribution in [0.3, 0.4) is 0 Å². The maximum absolute atomic E-state index is 12.6. The van der Waals surface area contributed by atoms with E-state index >= 15 is 0 Å². The van der Waals surface area contributed by atoms with Gasteiger partial charge >= 0.3 is 0 Å². The molecule has 1 heterocycles. The summed E-state index contributed by atoms with van der Waals surface area (Å²) >= 11 is 0. The van der Waals surface area contributed by atoms with Gasteiger partial charge in [0.1, 0.15) is 0 Å². The maximum Gasteiger partial charge on any atom is 0.240 e. The molecule has 4 aliphatic carbocycles. The van der Waals surface area contributed by atoms with E-state index in [9.17, 15) is 9.90 Å². The number of rotatable bonds is 2. The van der Waals surface area contributed by atoms with Gasteiger partial charge in [0, 0.05) is 25.0 Å². The van der Waals surface area contributed by atoms with Crippen molar-refractivity contribution in [3.63, 3.8) is 0 Å². The van der Waals surface area contributed by atoms with Gasteiger partial charge in [-0.25, -0.2) is 5.01 Å². The van der Waals surface area contributed by atoms with Gasteiger partial charge in [0.15, 0.2) is 0 Å². The molecule has 5 aliphatic rings. The Morgan fingerprint density at radius 1 is 1.09 bits per heavy atom. The molecule has 0 bridgehead atoms. The molecule has 0 radical (unpaired) electrons. The fraction of sp³-hybridized carbons (Fsp3) is 0.677. The third-order valence-electron chi connectivity index (χ3n) is 11.2. The number of hydrogen-bond acceptors (Lipinski definition) is 3. The van der Waals surface area contributed by atoms with Crippen molar-refractivity contribution in [2.24, 2.45) is 39.6 Å². The van der Waals surface area contributed by atoms with Crippen molar-refractivity contribution in [3.8, 4) is 0 Å². The zero-order chi connectivity index (χ0) is 24.5. The van der Waals surface area contributed by atoms with Crippen LogP contribution in [-0.2, 0) is 4.79 Å². The van der Waals surface area contributed by atoms with Crippen molar-refractivity contribution in [1.82, 2.24) is 5.01 Å². The maximum atomic E-state index is 12.6. The summed E-state index contributed by atoms with van der Waals surface area (Å²) in [7, 11) is 0. The Hall–Kier alpha value is -1.94. The van der Waals surface area contributed by atoms with Gasteiger partial charge in [-0.3, -0.25) is 4.79 Å². The highest BCUT2D eigenvalue weighted by Crippen LogP contribution is 2.66. The fourth-order valence-electron chi connectivity index (χ4n) is 9.36. The van der Waals surface area contributed by atoms with E-state index in [-0.39, 0.29) is 28.9 Å². The number of carbonyl (C=O) groups excluding carboxylic acids is 1. The van der Waals surface area contributed by atoms with Crippen LogP contribution in [-0.4, -0.2) is 27.8 Å². The van der Waals surface area contributed by atoms with Gasteiger partial charge in [-0.1, -0.05) is 55.3 Å². The number of hydrogen-bond donors (Lipinski definition) is 1. The Bertz CT molecular complexity index is 1090. The summed E-state index contributed by atoms with van der Waals surface area (Å²) < 4.78 is 0. The van der Waals surface area contributed by atoms with E-state index in [0.717, 1.165) is 43.4 Å². The number of nitrogens with zero attached hydrogens (tertiary/aromatic N) is 2. The lowest BCUT2D eigenvalue weighted by Gasteiger charge is -2.58. The van der Waals surface area contributed by atoms with Crippen LogP contribution in [0.25, 0.3) is 0 Å². The number of aliphatic hydroxyl groups is 1. The molecule has 3 fully saturated rings. The van der Waals surface area contributed by atoms with Gasteiger partial charge in [-0.2, -0.15) is 5.10 Å². The van der Waals surface area contributed by atoms with E-state index < -0.39 is 0 Å². The number of hydrazone groups is 1. The third-order valence-corrected chi connectivity index (χ3v) is 11.2. The van der Waals surface area contributed by atoms with Crippen molar-refractivity contribution in [2.45, 2.75) is 97.6 Å². The monoisotopic (exact) mass is 474 g/mol. The lowest BCUT2D eigenvalue weighted by Crippen LogP contribution is -2.51. The summed E-state index contributed by atoms with van der Waals surface area (Å²) in [4.78, 5) is 12.6. The van der Waals surface area contributed by atoms with E-state index in [1.807, 2.05) is 0 Å². The zero-order valence-corrected chi connectivity index (χ0v) is 22.0. The van der Waals surface area contributed by atoms with Crippen LogP contribution >= 0.6 is 0 Å². The minimum absolute atomic E-state index is 0.0362. The quantitative estimate of drug-likeness (QED) is 0.492. The summed E-state index contributed by atoms with van der Waals surface area (Å²) in [5.74, 6) is 2.77. The number of amides is 1. The first kappa shape index (κ1) is 23.5. The standard InChI is InChI=1S/C31H42N2O2/c1-19-6-5-7-21(16-19)29-18-28(32-33(29)20(2)34)27-11-10-25-24-9-8-22-17-23(35)12-14-30(22,3)26(24)13-15-31(25,27)4/h5-8,16,23-27,29,35H,9-15,17-18H2,1-4H3/t23?,24-,25-,26-,27?,29?,30-,31-/m0/s1. The topological polar surface area (TPSA) is 52.9 Å².